The highest BCUT2D eigenvalue weighted by atomic mass is 16.2. The summed E-state index contributed by atoms with van der Waals surface area (Å²) in [4.78, 5) is 25.4. The smallest absolute Gasteiger partial charge is 0.227 e. The number of rotatable bonds is 4. The second kappa shape index (κ2) is 6.00. The molecule has 1 fully saturated rings. The van der Waals surface area contributed by atoms with Crippen molar-refractivity contribution in [3.63, 3.8) is 0 Å². The summed E-state index contributed by atoms with van der Waals surface area (Å²) in [6.45, 7) is 4.43. The van der Waals surface area contributed by atoms with E-state index in [0.29, 0.717) is 12.8 Å². The van der Waals surface area contributed by atoms with Crippen LogP contribution >= 0.6 is 0 Å². The van der Waals surface area contributed by atoms with Crippen LogP contribution in [0.3, 0.4) is 0 Å². The van der Waals surface area contributed by atoms with Gasteiger partial charge in [-0.3, -0.25) is 9.59 Å². The molecule has 0 aliphatic carbocycles. The Morgan fingerprint density at radius 1 is 1.26 bits per heavy atom. The van der Waals surface area contributed by atoms with Crippen LogP contribution in [0.5, 0.6) is 0 Å². The topological polar surface area (TPSA) is 37.4 Å². The van der Waals surface area contributed by atoms with E-state index in [1.165, 1.54) is 5.56 Å². The Morgan fingerprint density at radius 2 is 1.95 bits per heavy atom. The van der Waals surface area contributed by atoms with Gasteiger partial charge in [-0.25, -0.2) is 0 Å². The zero-order valence-electron chi connectivity index (χ0n) is 11.7. The summed E-state index contributed by atoms with van der Waals surface area (Å²) in [5, 5.41) is 0. The second-order valence-electron chi connectivity index (χ2n) is 5.45. The van der Waals surface area contributed by atoms with Gasteiger partial charge in [0.2, 0.25) is 5.91 Å². The fraction of sp³-hybridized carbons (Fsp3) is 0.500. The summed E-state index contributed by atoms with van der Waals surface area (Å²) in [6, 6.07) is 8.18. The first-order valence-corrected chi connectivity index (χ1v) is 6.90. The first kappa shape index (κ1) is 13.8. The summed E-state index contributed by atoms with van der Waals surface area (Å²) >= 11 is 0. The number of hydrogen-bond donors (Lipinski definition) is 0. The fourth-order valence-corrected chi connectivity index (χ4v) is 2.69. The minimum Gasteiger partial charge on any atom is -0.339 e. The van der Waals surface area contributed by atoms with Crippen molar-refractivity contribution in [1.29, 1.82) is 0 Å². The molecule has 1 heterocycles. The molecule has 3 heteroatoms. The van der Waals surface area contributed by atoms with Crippen molar-refractivity contribution < 1.29 is 9.59 Å². The van der Waals surface area contributed by atoms with Crippen LogP contribution in [0.15, 0.2) is 24.3 Å². The molecule has 1 amide bonds. The van der Waals surface area contributed by atoms with Crippen molar-refractivity contribution >= 4 is 11.7 Å². The molecule has 1 aromatic carbocycles. The van der Waals surface area contributed by atoms with E-state index in [1.807, 2.05) is 36.1 Å². The fourth-order valence-electron chi connectivity index (χ4n) is 2.69. The summed E-state index contributed by atoms with van der Waals surface area (Å²) in [6.07, 6.45) is 2.91. The van der Waals surface area contributed by atoms with Gasteiger partial charge in [-0.15, -0.1) is 0 Å². The lowest BCUT2D eigenvalue weighted by Gasteiger charge is -2.24. The number of Topliss-reactive ketones (excluding diaryl/α,β-unsaturated/α-hetero) is 1. The molecule has 1 saturated heterocycles. The van der Waals surface area contributed by atoms with Crippen LogP contribution in [0.4, 0.5) is 0 Å². The molecule has 0 bridgehead atoms. The minimum absolute atomic E-state index is 0.121. The van der Waals surface area contributed by atoms with E-state index in [4.69, 9.17) is 0 Å². The molecule has 1 aliphatic rings. The highest BCUT2D eigenvalue weighted by molar-refractivity contribution is 5.81. The van der Waals surface area contributed by atoms with Gasteiger partial charge in [0.15, 0.2) is 0 Å². The van der Waals surface area contributed by atoms with Crippen molar-refractivity contribution in [2.24, 2.45) is 0 Å². The molecule has 1 aliphatic heterocycles. The summed E-state index contributed by atoms with van der Waals surface area (Å²) in [7, 11) is 0. The minimum atomic E-state index is 0.121. The number of nitrogens with zero attached hydrogens (tertiary/aromatic N) is 1. The maximum atomic E-state index is 12.3. The molecule has 0 aromatic heterocycles. The van der Waals surface area contributed by atoms with Gasteiger partial charge in [-0.1, -0.05) is 29.8 Å². The van der Waals surface area contributed by atoms with Crippen LogP contribution in [-0.2, 0) is 16.0 Å². The second-order valence-corrected chi connectivity index (χ2v) is 5.45. The number of carbonyl (C=O) groups excluding carboxylic acids is 2. The lowest BCUT2D eigenvalue weighted by atomic mass is 10.1. The number of aryl methyl sites for hydroxylation is 1. The molecule has 1 atom stereocenters. The number of hydrogen-bond acceptors (Lipinski definition) is 2. The van der Waals surface area contributed by atoms with Crippen LogP contribution in [0, 0.1) is 6.92 Å². The molecule has 0 spiro atoms. The van der Waals surface area contributed by atoms with Gasteiger partial charge >= 0.3 is 0 Å². The van der Waals surface area contributed by atoms with Crippen LogP contribution in [0.2, 0.25) is 0 Å². The van der Waals surface area contributed by atoms with Gasteiger partial charge in [0.1, 0.15) is 5.78 Å². The number of benzene rings is 1. The third kappa shape index (κ3) is 3.66. The Bertz CT molecular complexity index is 464. The largest absolute Gasteiger partial charge is 0.339 e. The maximum absolute atomic E-state index is 12.3. The number of amides is 1. The van der Waals surface area contributed by atoms with Crippen molar-refractivity contribution in [3.05, 3.63) is 35.4 Å². The van der Waals surface area contributed by atoms with Crippen LogP contribution < -0.4 is 0 Å². The summed E-state index contributed by atoms with van der Waals surface area (Å²) in [5.74, 6) is 0.313. The van der Waals surface area contributed by atoms with Gasteiger partial charge < -0.3 is 4.90 Å². The number of ketones is 1. The Balaban J connectivity index is 1.98. The van der Waals surface area contributed by atoms with E-state index in [2.05, 4.69) is 0 Å². The zero-order valence-corrected chi connectivity index (χ0v) is 11.7. The molecule has 102 valence electrons. The molecule has 0 N–H and O–H groups in total. The molecule has 2 rings (SSSR count). The van der Waals surface area contributed by atoms with Gasteiger partial charge in [0, 0.05) is 19.0 Å². The highest BCUT2D eigenvalue weighted by Crippen LogP contribution is 2.21. The third-order valence-corrected chi connectivity index (χ3v) is 3.70. The zero-order chi connectivity index (χ0) is 13.8. The Labute approximate surface area is 114 Å². The third-order valence-electron chi connectivity index (χ3n) is 3.70. The SMILES string of the molecule is CC(=O)CC1CCCN1C(=O)Cc1ccc(C)cc1. The van der Waals surface area contributed by atoms with Crippen molar-refractivity contribution in [2.45, 2.75) is 45.6 Å². The number of likely N-dealkylation sites (tertiary alicyclic amines) is 1. The van der Waals surface area contributed by atoms with E-state index in [9.17, 15) is 9.59 Å². The van der Waals surface area contributed by atoms with Crippen molar-refractivity contribution in [2.75, 3.05) is 6.54 Å². The van der Waals surface area contributed by atoms with Crippen molar-refractivity contribution in [3.8, 4) is 0 Å². The monoisotopic (exact) mass is 259 g/mol. The molecular formula is C16H21NO2. The normalized spacial score (nSPS) is 18.6. The molecule has 0 radical (unpaired) electrons. The van der Waals surface area contributed by atoms with E-state index < -0.39 is 0 Å². The molecule has 1 unspecified atom stereocenters. The van der Waals surface area contributed by atoms with Crippen LogP contribution in [0.25, 0.3) is 0 Å². The summed E-state index contributed by atoms with van der Waals surface area (Å²) in [5.41, 5.74) is 2.25. The molecule has 19 heavy (non-hydrogen) atoms. The first-order valence-electron chi connectivity index (χ1n) is 6.90. The average Bonchev–Trinajstić information content (AvgIpc) is 2.79. The molecular weight excluding hydrogens is 238 g/mol. The quantitative estimate of drug-likeness (QED) is 0.833. The lowest BCUT2D eigenvalue weighted by Crippen LogP contribution is -2.37. The Kier molecular flexibility index (Phi) is 4.35. The van der Waals surface area contributed by atoms with E-state index in [1.54, 1.807) is 6.92 Å². The van der Waals surface area contributed by atoms with Crippen LogP contribution in [0.1, 0.15) is 37.3 Å². The first-order chi connectivity index (χ1) is 9.06. The average molecular weight is 259 g/mol. The highest BCUT2D eigenvalue weighted by Gasteiger charge is 2.29. The van der Waals surface area contributed by atoms with E-state index in [-0.39, 0.29) is 17.7 Å². The van der Waals surface area contributed by atoms with Crippen LogP contribution in [-0.4, -0.2) is 29.2 Å². The van der Waals surface area contributed by atoms with Gasteiger partial charge in [0.05, 0.1) is 6.42 Å². The van der Waals surface area contributed by atoms with Gasteiger partial charge in [-0.05, 0) is 32.3 Å². The molecule has 3 nitrogen and oxygen atoms in total. The lowest BCUT2D eigenvalue weighted by molar-refractivity contribution is -0.132. The van der Waals surface area contributed by atoms with E-state index in [0.717, 1.165) is 24.9 Å². The Morgan fingerprint density at radius 3 is 2.58 bits per heavy atom. The van der Waals surface area contributed by atoms with E-state index >= 15 is 0 Å². The predicted octanol–water partition coefficient (Wildman–Crippen LogP) is 2.51. The van der Waals surface area contributed by atoms with Gasteiger partial charge in [0.25, 0.3) is 0 Å². The standard InChI is InChI=1S/C16H21NO2/c1-12-5-7-14(8-6-12)11-16(19)17-9-3-4-15(17)10-13(2)18/h5-8,15H,3-4,9-11H2,1-2H3. The Hall–Kier alpha value is -1.64. The molecule has 0 saturated carbocycles. The number of carbonyl (C=O) groups is 2. The molecule has 1 aromatic rings. The predicted molar refractivity (Wildman–Crippen MR) is 74.9 cm³/mol. The maximum Gasteiger partial charge on any atom is 0.227 e. The summed E-state index contributed by atoms with van der Waals surface area (Å²) < 4.78 is 0. The van der Waals surface area contributed by atoms with Crippen molar-refractivity contribution in [1.82, 2.24) is 4.90 Å². The van der Waals surface area contributed by atoms with Gasteiger partial charge in [-0.2, -0.15) is 0 Å².